The Morgan fingerprint density at radius 1 is 1.00 bits per heavy atom. The highest BCUT2D eigenvalue weighted by Gasteiger charge is 2.13. The third-order valence-corrected chi connectivity index (χ3v) is 7.20. The molecule has 0 aliphatic heterocycles. The Morgan fingerprint density at radius 3 is 2.65 bits per heavy atom. The molecule has 0 aliphatic carbocycles. The van der Waals surface area contributed by atoms with Gasteiger partial charge in [-0.3, -0.25) is 9.78 Å². The predicted octanol–water partition coefficient (Wildman–Crippen LogP) is 6.02. The molecular formula is C30H28N4O2S. The summed E-state index contributed by atoms with van der Waals surface area (Å²) in [6.45, 7) is 3.15. The fraction of sp³-hybridized carbons (Fsp3) is 0.167. The number of para-hydroxylation sites is 1. The summed E-state index contributed by atoms with van der Waals surface area (Å²) in [5.74, 6) is 1.48. The van der Waals surface area contributed by atoms with Crippen LogP contribution < -0.4 is 10.1 Å². The van der Waals surface area contributed by atoms with Crippen molar-refractivity contribution in [2.75, 3.05) is 7.11 Å². The van der Waals surface area contributed by atoms with Gasteiger partial charge in [0.2, 0.25) is 0 Å². The Kier molecular flexibility index (Phi) is 7.51. The molecule has 186 valence electrons. The summed E-state index contributed by atoms with van der Waals surface area (Å²) in [5.41, 5.74) is 7.08. The quantitative estimate of drug-likeness (QED) is 0.247. The van der Waals surface area contributed by atoms with Gasteiger partial charge in [0.1, 0.15) is 5.75 Å². The van der Waals surface area contributed by atoms with Gasteiger partial charge in [0.05, 0.1) is 30.9 Å². The molecule has 0 aliphatic rings. The standard InChI is InChI=1S/C30H28N4O2S/c1-21-6-5-7-23(16-21)20-37-30-33-26-14-15-31-18-27(26)34(30)19-22-10-12-24(13-11-22)29(35)32-17-25-8-3-4-9-28(25)36-2/h3-16,18H,17,19-20H2,1-2H3,(H,32,35). The zero-order valence-electron chi connectivity index (χ0n) is 20.8. The van der Waals surface area contributed by atoms with E-state index in [0.29, 0.717) is 18.7 Å². The Bertz CT molecular complexity index is 1530. The van der Waals surface area contributed by atoms with Crippen molar-refractivity contribution in [1.82, 2.24) is 19.9 Å². The van der Waals surface area contributed by atoms with Gasteiger partial charge >= 0.3 is 0 Å². The maximum Gasteiger partial charge on any atom is 0.251 e. The fourth-order valence-corrected chi connectivity index (χ4v) is 5.19. The number of ether oxygens (including phenoxy) is 1. The van der Waals surface area contributed by atoms with Gasteiger partial charge in [-0.2, -0.15) is 0 Å². The van der Waals surface area contributed by atoms with Crippen LogP contribution >= 0.6 is 11.8 Å². The van der Waals surface area contributed by atoms with E-state index in [-0.39, 0.29) is 5.91 Å². The van der Waals surface area contributed by atoms with Gasteiger partial charge in [-0.25, -0.2) is 4.98 Å². The molecule has 7 heteroatoms. The van der Waals surface area contributed by atoms with Crippen LogP contribution in [0.2, 0.25) is 0 Å². The van der Waals surface area contributed by atoms with E-state index >= 15 is 0 Å². The highest BCUT2D eigenvalue weighted by molar-refractivity contribution is 7.98. The normalized spacial score (nSPS) is 11.0. The summed E-state index contributed by atoms with van der Waals surface area (Å²) in [7, 11) is 1.63. The maximum atomic E-state index is 12.7. The number of rotatable bonds is 9. The number of nitrogens with zero attached hydrogens (tertiary/aromatic N) is 3. The predicted molar refractivity (Wildman–Crippen MR) is 148 cm³/mol. The molecule has 6 nitrogen and oxygen atoms in total. The van der Waals surface area contributed by atoms with E-state index in [1.54, 1.807) is 25.1 Å². The molecular weight excluding hydrogens is 480 g/mol. The van der Waals surface area contributed by atoms with E-state index < -0.39 is 0 Å². The van der Waals surface area contributed by atoms with Crippen molar-refractivity contribution >= 4 is 28.7 Å². The van der Waals surface area contributed by atoms with Crippen LogP contribution in [0.15, 0.2) is 96.4 Å². The van der Waals surface area contributed by atoms with Crippen molar-refractivity contribution in [3.05, 3.63) is 119 Å². The third-order valence-electron chi connectivity index (χ3n) is 6.15. The van der Waals surface area contributed by atoms with E-state index in [9.17, 15) is 4.79 Å². The summed E-state index contributed by atoms with van der Waals surface area (Å²) >= 11 is 1.72. The number of methoxy groups -OCH3 is 1. The maximum absolute atomic E-state index is 12.7. The molecule has 37 heavy (non-hydrogen) atoms. The van der Waals surface area contributed by atoms with Crippen LogP contribution in [-0.2, 0) is 18.8 Å². The molecule has 2 heterocycles. The van der Waals surface area contributed by atoms with Crippen LogP contribution in [0.4, 0.5) is 0 Å². The molecule has 5 rings (SSSR count). The SMILES string of the molecule is COc1ccccc1CNC(=O)c1ccc(Cn2c(SCc3cccc(C)c3)nc3ccncc32)cc1. The molecule has 0 saturated heterocycles. The number of benzene rings is 3. The number of amides is 1. The second-order valence-electron chi connectivity index (χ2n) is 8.81. The second kappa shape index (κ2) is 11.3. The monoisotopic (exact) mass is 508 g/mol. The van der Waals surface area contributed by atoms with E-state index in [0.717, 1.165) is 38.8 Å². The number of imidazole rings is 1. The average molecular weight is 509 g/mol. The van der Waals surface area contributed by atoms with E-state index in [1.807, 2.05) is 60.8 Å². The van der Waals surface area contributed by atoms with Gasteiger partial charge in [-0.1, -0.05) is 71.9 Å². The Hall–Kier alpha value is -4.10. The average Bonchev–Trinajstić information content (AvgIpc) is 3.28. The van der Waals surface area contributed by atoms with Crippen LogP contribution in [0.5, 0.6) is 5.75 Å². The number of hydrogen-bond donors (Lipinski definition) is 1. The van der Waals surface area contributed by atoms with Crippen molar-refractivity contribution < 1.29 is 9.53 Å². The number of carbonyl (C=O) groups excluding carboxylic acids is 1. The molecule has 5 aromatic rings. The van der Waals surface area contributed by atoms with Crippen LogP contribution in [-0.4, -0.2) is 27.6 Å². The molecule has 0 bridgehead atoms. The largest absolute Gasteiger partial charge is 0.496 e. The number of aryl methyl sites for hydroxylation is 1. The fourth-order valence-electron chi connectivity index (χ4n) is 4.23. The van der Waals surface area contributed by atoms with E-state index in [4.69, 9.17) is 9.72 Å². The minimum absolute atomic E-state index is 0.121. The van der Waals surface area contributed by atoms with E-state index in [2.05, 4.69) is 46.1 Å². The minimum atomic E-state index is -0.121. The lowest BCUT2D eigenvalue weighted by atomic mass is 10.1. The summed E-state index contributed by atoms with van der Waals surface area (Å²) in [6.07, 6.45) is 3.63. The number of fused-ring (bicyclic) bond motifs is 1. The lowest BCUT2D eigenvalue weighted by Crippen LogP contribution is -2.23. The van der Waals surface area contributed by atoms with Gasteiger partial charge < -0.3 is 14.6 Å². The van der Waals surface area contributed by atoms with E-state index in [1.165, 1.54) is 11.1 Å². The Balaban J connectivity index is 1.30. The van der Waals surface area contributed by atoms with Gasteiger partial charge in [-0.15, -0.1) is 0 Å². The molecule has 0 spiro atoms. The highest BCUT2D eigenvalue weighted by Crippen LogP contribution is 2.28. The first kappa shape index (κ1) is 24.6. The second-order valence-corrected chi connectivity index (χ2v) is 9.76. The number of thioether (sulfide) groups is 1. The minimum Gasteiger partial charge on any atom is -0.496 e. The molecule has 3 aromatic carbocycles. The molecule has 0 saturated carbocycles. The zero-order chi connectivity index (χ0) is 25.6. The smallest absolute Gasteiger partial charge is 0.251 e. The van der Waals surface area contributed by atoms with Gasteiger partial charge in [0.15, 0.2) is 5.16 Å². The summed E-state index contributed by atoms with van der Waals surface area (Å²) in [6, 6.07) is 25.9. The molecule has 1 amide bonds. The number of aromatic nitrogens is 3. The van der Waals surface area contributed by atoms with Crippen LogP contribution in [0, 0.1) is 6.92 Å². The first-order valence-electron chi connectivity index (χ1n) is 12.1. The first-order chi connectivity index (χ1) is 18.1. The first-order valence-corrected chi connectivity index (χ1v) is 13.1. The van der Waals surface area contributed by atoms with Crippen LogP contribution in [0.25, 0.3) is 11.0 Å². The van der Waals surface area contributed by atoms with Crippen molar-refractivity contribution in [2.45, 2.75) is 30.9 Å². The van der Waals surface area contributed by atoms with Gasteiger partial charge in [0.25, 0.3) is 5.91 Å². The Morgan fingerprint density at radius 2 is 1.84 bits per heavy atom. The summed E-state index contributed by atoms with van der Waals surface area (Å²) in [4.78, 5) is 21.9. The van der Waals surface area contributed by atoms with Gasteiger partial charge in [0, 0.05) is 29.6 Å². The lowest BCUT2D eigenvalue weighted by Gasteiger charge is -2.11. The lowest BCUT2D eigenvalue weighted by molar-refractivity contribution is 0.0950. The van der Waals surface area contributed by atoms with Crippen molar-refractivity contribution in [3.8, 4) is 5.75 Å². The molecule has 0 radical (unpaired) electrons. The van der Waals surface area contributed by atoms with Crippen LogP contribution in [0.1, 0.15) is 32.6 Å². The third kappa shape index (κ3) is 5.84. The number of carbonyl (C=O) groups is 1. The molecule has 0 unspecified atom stereocenters. The molecule has 0 fully saturated rings. The molecule has 1 N–H and O–H groups in total. The van der Waals surface area contributed by atoms with Crippen molar-refractivity contribution in [1.29, 1.82) is 0 Å². The number of nitrogens with one attached hydrogen (secondary N) is 1. The molecule has 0 atom stereocenters. The molecule has 2 aromatic heterocycles. The Labute approximate surface area is 220 Å². The topological polar surface area (TPSA) is 69.0 Å². The zero-order valence-corrected chi connectivity index (χ0v) is 21.7. The van der Waals surface area contributed by atoms with Crippen molar-refractivity contribution in [2.24, 2.45) is 0 Å². The van der Waals surface area contributed by atoms with Crippen LogP contribution in [0.3, 0.4) is 0 Å². The number of pyridine rings is 1. The highest BCUT2D eigenvalue weighted by atomic mass is 32.2. The number of hydrogen-bond acceptors (Lipinski definition) is 5. The van der Waals surface area contributed by atoms with Gasteiger partial charge in [-0.05, 0) is 42.3 Å². The summed E-state index contributed by atoms with van der Waals surface area (Å²) in [5, 5.41) is 3.93. The summed E-state index contributed by atoms with van der Waals surface area (Å²) < 4.78 is 7.57. The van der Waals surface area contributed by atoms with Crippen molar-refractivity contribution in [3.63, 3.8) is 0 Å².